The van der Waals surface area contributed by atoms with Crippen molar-refractivity contribution in [1.29, 1.82) is 0 Å². The number of nitro benzene ring substituents is 1. The Bertz CT molecular complexity index is 657. The quantitative estimate of drug-likeness (QED) is 0.617. The molecule has 0 bridgehead atoms. The fraction of sp³-hybridized carbons (Fsp3) is 0.375. The molecule has 3 rings (SSSR count). The van der Waals surface area contributed by atoms with Gasteiger partial charge in [-0.25, -0.2) is 0 Å². The maximum atomic E-state index is 11.1. The SMILES string of the molecule is COc1ccc(CN2CCC[C@H]2c2ccsc2)cc1[N+](=O)[O-]. The van der Waals surface area contributed by atoms with E-state index < -0.39 is 0 Å². The van der Waals surface area contributed by atoms with Crippen molar-refractivity contribution < 1.29 is 9.66 Å². The molecular weight excluding hydrogens is 300 g/mol. The van der Waals surface area contributed by atoms with Gasteiger partial charge in [0.2, 0.25) is 0 Å². The van der Waals surface area contributed by atoms with Crippen LogP contribution in [0.2, 0.25) is 0 Å². The van der Waals surface area contributed by atoms with Crippen molar-refractivity contribution in [3.05, 3.63) is 56.3 Å². The number of hydrogen-bond donors (Lipinski definition) is 0. The molecule has 2 heterocycles. The number of hydrogen-bond acceptors (Lipinski definition) is 5. The molecule has 1 aromatic heterocycles. The molecule has 0 N–H and O–H groups in total. The summed E-state index contributed by atoms with van der Waals surface area (Å²) in [6.07, 6.45) is 2.31. The highest BCUT2D eigenvalue weighted by molar-refractivity contribution is 7.07. The van der Waals surface area contributed by atoms with Gasteiger partial charge in [0.25, 0.3) is 0 Å². The number of thiophene rings is 1. The topological polar surface area (TPSA) is 55.6 Å². The van der Waals surface area contributed by atoms with Gasteiger partial charge in [-0.3, -0.25) is 15.0 Å². The van der Waals surface area contributed by atoms with Crippen molar-refractivity contribution in [3.8, 4) is 5.75 Å². The molecule has 0 amide bonds. The number of benzene rings is 1. The van der Waals surface area contributed by atoms with Crippen LogP contribution in [0.3, 0.4) is 0 Å². The zero-order chi connectivity index (χ0) is 15.5. The molecule has 1 aliphatic rings. The van der Waals surface area contributed by atoms with Gasteiger partial charge >= 0.3 is 5.69 Å². The van der Waals surface area contributed by atoms with Crippen molar-refractivity contribution >= 4 is 17.0 Å². The summed E-state index contributed by atoms with van der Waals surface area (Å²) in [7, 11) is 1.45. The molecule has 1 fully saturated rings. The van der Waals surface area contributed by atoms with Crippen molar-refractivity contribution in [1.82, 2.24) is 4.90 Å². The highest BCUT2D eigenvalue weighted by atomic mass is 32.1. The van der Waals surface area contributed by atoms with E-state index >= 15 is 0 Å². The number of ether oxygens (including phenoxy) is 1. The van der Waals surface area contributed by atoms with E-state index in [1.54, 1.807) is 23.5 Å². The van der Waals surface area contributed by atoms with Crippen molar-refractivity contribution in [3.63, 3.8) is 0 Å². The number of methoxy groups -OCH3 is 1. The van der Waals surface area contributed by atoms with Gasteiger partial charge in [0.15, 0.2) is 5.75 Å². The minimum atomic E-state index is -0.386. The van der Waals surface area contributed by atoms with Crippen LogP contribution in [0.15, 0.2) is 35.0 Å². The molecule has 6 heteroatoms. The van der Waals surface area contributed by atoms with Crippen LogP contribution in [-0.2, 0) is 6.54 Å². The third-order valence-electron chi connectivity index (χ3n) is 4.12. The van der Waals surface area contributed by atoms with Gasteiger partial charge < -0.3 is 4.74 Å². The average Bonchev–Trinajstić information content (AvgIpc) is 3.17. The van der Waals surface area contributed by atoms with E-state index in [9.17, 15) is 10.1 Å². The minimum absolute atomic E-state index is 0.0336. The van der Waals surface area contributed by atoms with E-state index in [2.05, 4.69) is 21.7 Å². The summed E-state index contributed by atoms with van der Waals surface area (Å²) in [6.45, 7) is 1.76. The highest BCUT2D eigenvalue weighted by Gasteiger charge is 2.27. The molecule has 0 radical (unpaired) electrons. The van der Waals surface area contributed by atoms with Crippen LogP contribution in [0.25, 0.3) is 0 Å². The number of likely N-dealkylation sites (tertiary alicyclic amines) is 1. The predicted molar refractivity (Wildman–Crippen MR) is 86.4 cm³/mol. The normalized spacial score (nSPS) is 18.5. The molecule has 0 saturated carbocycles. The Hall–Kier alpha value is -1.92. The summed E-state index contributed by atoms with van der Waals surface area (Å²) < 4.78 is 5.06. The zero-order valence-corrected chi connectivity index (χ0v) is 13.2. The van der Waals surface area contributed by atoms with E-state index in [1.165, 1.54) is 19.1 Å². The first-order chi connectivity index (χ1) is 10.7. The summed E-state index contributed by atoms with van der Waals surface area (Å²) in [5, 5.41) is 15.4. The lowest BCUT2D eigenvalue weighted by Gasteiger charge is -2.24. The Labute approximate surface area is 133 Å². The average molecular weight is 318 g/mol. The van der Waals surface area contributed by atoms with Gasteiger partial charge in [-0.1, -0.05) is 6.07 Å². The lowest BCUT2D eigenvalue weighted by molar-refractivity contribution is -0.385. The van der Waals surface area contributed by atoms with Gasteiger partial charge in [-0.05, 0) is 53.4 Å². The first-order valence-electron chi connectivity index (χ1n) is 7.26. The van der Waals surface area contributed by atoms with E-state index in [0.717, 1.165) is 25.1 Å². The van der Waals surface area contributed by atoms with Crippen molar-refractivity contribution in [2.24, 2.45) is 0 Å². The van der Waals surface area contributed by atoms with Gasteiger partial charge in [-0.15, -0.1) is 0 Å². The standard InChI is InChI=1S/C16H18N2O3S/c1-21-16-5-4-12(9-15(16)18(19)20)10-17-7-2-3-14(17)13-6-8-22-11-13/h4-6,8-9,11,14H,2-3,7,10H2,1H3/t14-/m0/s1. The molecule has 0 unspecified atom stereocenters. The third-order valence-corrected chi connectivity index (χ3v) is 4.82. The summed E-state index contributed by atoms with van der Waals surface area (Å²) in [5.74, 6) is 0.310. The van der Waals surface area contributed by atoms with Crippen LogP contribution in [0.1, 0.15) is 30.0 Å². The first kappa shape index (κ1) is 15.0. The van der Waals surface area contributed by atoms with E-state index in [0.29, 0.717) is 11.8 Å². The van der Waals surface area contributed by atoms with Gasteiger partial charge in [0, 0.05) is 18.7 Å². The van der Waals surface area contributed by atoms with Crippen LogP contribution >= 0.6 is 11.3 Å². The number of nitro groups is 1. The molecule has 1 saturated heterocycles. The minimum Gasteiger partial charge on any atom is -0.490 e. The number of rotatable bonds is 5. The zero-order valence-electron chi connectivity index (χ0n) is 12.4. The van der Waals surface area contributed by atoms with Crippen LogP contribution < -0.4 is 4.74 Å². The first-order valence-corrected chi connectivity index (χ1v) is 8.21. The fourth-order valence-electron chi connectivity index (χ4n) is 3.07. The maximum Gasteiger partial charge on any atom is 0.311 e. The van der Waals surface area contributed by atoms with Gasteiger partial charge in [-0.2, -0.15) is 11.3 Å². The smallest absolute Gasteiger partial charge is 0.311 e. The highest BCUT2D eigenvalue weighted by Crippen LogP contribution is 2.35. The Morgan fingerprint density at radius 2 is 2.32 bits per heavy atom. The Balaban J connectivity index is 1.80. The third kappa shape index (κ3) is 2.98. The fourth-order valence-corrected chi connectivity index (χ4v) is 3.78. The summed E-state index contributed by atoms with van der Waals surface area (Å²) in [5.41, 5.74) is 2.34. The van der Waals surface area contributed by atoms with E-state index in [-0.39, 0.29) is 10.6 Å². The molecule has 5 nitrogen and oxygen atoms in total. The van der Waals surface area contributed by atoms with Crippen LogP contribution in [0.4, 0.5) is 5.69 Å². The van der Waals surface area contributed by atoms with Crippen molar-refractivity contribution in [2.45, 2.75) is 25.4 Å². The van der Waals surface area contributed by atoms with Crippen LogP contribution in [0, 0.1) is 10.1 Å². The van der Waals surface area contributed by atoms with Gasteiger partial charge in [0.1, 0.15) is 0 Å². The van der Waals surface area contributed by atoms with E-state index in [1.807, 2.05) is 6.07 Å². The summed E-state index contributed by atoms with van der Waals surface area (Å²) >= 11 is 1.71. The lowest BCUT2D eigenvalue weighted by atomic mass is 10.1. The predicted octanol–water partition coefficient (Wildman–Crippen LogP) is 4.00. The second-order valence-electron chi connectivity index (χ2n) is 5.45. The van der Waals surface area contributed by atoms with Crippen LogP contribution in [-0.4, -0.2) is 23.5 Å². The molecule has 1 aromatic carbocycles. The molecule has 0 spiro atoms. The molecule has 22 heavy (non-hydrogen) atoms. The molecular formula is C16H18N2O3S. The monoisotopic (exact) mass is 318 g/mol. The maximum absolute atomic E-state index is 11.1. The second kappa shape index (κ2) is 6.46. The molecule has 2 aromatic rings. The van der Waals surface area contributed by atoms with Crippen LogP contribution in [0.5, 0.6) is 5.75 Å². The largest absolute Gasteiger partial charge is 0.490 e. The Morgan fingerprint density at radius 3 is 3.00 bits per heavy atom. The molecule has 1 atom stereocenters. The van der Waals surface area contributed by atoms with Gasteiger partial charge in [0.05, 0.1) is 12.0 Å². The Morgan fingerprint density at radius 1 is 1.45 bits per heavy atom. The second-order valence-corrected chi connectivity index (χ2v) is 6.23. The lowest BCUT2D eigenvalue weighted by Crippen LogP contribution is -2.22. The number of nitrogens with zero attached hydrogens (tertiary/aromatic N) is 2. The molecule has 1 aliphatic heterocycles. The van der Waals surface area contributed by atoms with E-state index in [4.69, 9.17) is 4.74 Å². The Kier molecular flexibility index (Phi) is 4.40. The summed E-state index contributed by atoms with van der Waals surface area (Å²) in [6, 6.07) is 7.82. The van der Waals surface area contributed by atoms with Crippen molar-refractivity contribution in [2.75, 3.05) is 13.7 Å². The molecule has 0 aliphatic carbocycles. The molecule has 116 valence electrons. The summed E-state index contributed by atoms with van der Waals surface area (Å²) in [4.78, 5) is 13.1.